The van der Waals surface area contributed by atoms with Crippen LogP contribution in [0.15, 0.2) is 0 Å². The van der Waals surface area contributed by atoms with Gasteiger partial charge in [0.05, 0.1) is 6.42 Å². The molecule has 0 aromatic carbocycles. The number of ether oxygens (including phenoxy) is 1. The molecule has 5 heteroatoms. The molecule has 29 heavy (non-hydrogen) atoms. The lowest BCUT2D eigenvalue weighted by atomic mass is 10.0. The summed E-state index contributed by atoms with van der Waals surface area (Å²) in [6, 6.07) is 0. The summed E-state index contributed by atoms with van der Waals surface area (Å²) >= 11 is 0. The summed E-state index contributed by atoms with van der Waals surface area (Å²) in [5, 5.41) is 19.1. The van der Waals surface area contributed by atoms with Crippen LogP contribution >= 0.6 is 0 Å². The molecule has 0 aliphatic heterocycles. The first kappa shape index (κ1) is 27.9. The van der Waals surface area contributed by atoms with E-state index in [1.54, 1.807) is 0 Å². The number of aliphatic hydroxyl groups is 1. The van der Waals surface area contributed by atoms with E-state index in [0.717, 1.165) is 38.5 Å². The molecule has 172 valence electrons. The number of hydrogen-bond donors (Lipinski definition) is 2. The lowest BCUT2D eigenvalue weighted by molar-refractivity contribution is -0.162. The van der Waals surface area contributed by atoms with E-state index in [1.807, 2.05) is 0 Å². The van der Waals surface area contributed by atoms with E-state index >= 15 is 0 Å². The normalized spacial score (nSPS) is 13.2. The minimum Gasteiger partial charge on any atom is -0.481 e. The first-order valence-corrected chi connectivity index (χ1v) is 12.1. The predicted molar refractivity (Wildman–Crippen MR) is 118 cm³/mol. The molecule has 2 unspecified atom stereocenters. The molecule has 5 nitrogen and oxygen atoms in total. The maximum absolute atomic E-state index is 12.1. The monoisotopic (exact) mass is 414 g/mol. The molecular formula is C24H46O5. The third-order valence-corrected chi connectivity index (χ3v) is 5.42. The highest BCUT2D eigenvalue weighted by Crippen LogP contribution is 2.16. The number of aliphatic carboxylic acids is 1. The number of carboxylic acids is 1. The van der Waals surface area contributed by atoms with Crippen LogP contribution in [0.5, 0.6) is 0 Å². The lowest BCUT2D eigenvalue weighted by Crippen LogP contribution is -2.29. The standard InChI is InChI=1S/C24H46O5/c1-3-5-7-9-11-13-15-17-19-22(25)24(28)29-21(20-23(26)27)18-16-14-12-10-8-6-4-2/h21-22,25H,3-20H2,1-2H3,(H,26,27). The van der Waals surface area contributed by atoms with Crippen LogP contribution in [0.25, 0.3) is 0 Å². The van der Waals surface area contributed by atoms with Gasteiger partial charge in [-0.15, -0.1) is 0 Å². The van der Waals surface area contributed by atoms with E-state index in [4.69, 9.17) is 9.84 Å². The molecule has 0 rings (SSSR count). The molecule has 0 saturated heterocycles. The van der Waals surface area contributed by atoms with Gasteiger partial charge in [-0.25, -0.2) is 4.79 Å². The molecule has 0 spiro atoms. The van der Waals surface area contributed by atoms with Crippen molar-refractivity contribution in [2.24, 2.45) is 0 Å². The summed E-state index contributed by atoms with van der Waals surface area (Å²) in [6.07, 6.45) is 16.1. The zero-order valence-electron chi connectivity index (χ0n) is 19.0. The summed E-state index contributed by atoms with van der Waals surface area (Å²) in [7, 11) is 0. The third kappa shape index (κ3) is 18.7. The Morgan fingerprint density at radius 2 is 1.10 bits per heavy atom. The Morgan fingerprint density at radius 3 is 1.55 bits per heavy atom. The van der Waals surface area contributed by atoms with Gasteiger partial charge in [0, 0.05) is 0 Å². The van der Waals surface area contributed by atoms with Crippen molar-refractivity contribution in [2.45, 2.75) is 142 Å². The Hall–Kier alpha value is -1.10. The summed E-state index contributed by atoms with van der Waals surface area (Å²) in [4.78, 5) is 23.2. The van der Waals surface area contributed by atoms with Gasteiger partial charge in [0.1, 0.15) is 6.10 Å². The van der Waals surface area contributed by atoms with Crippen LogP contribution < -0.4 is 0 Å². The molecule has 2 atom stereocenters. The second-order valence-corrected chi connectivity index (χ2v) is 8.35. The van der Waals surface area contributed by atoms with Crippen molar-refractivity contribution < 1.29 is 24.5 Å². The van der Waals surface area contributed by atoms with E-state index in [-0.39, 0.29) is 6.42 Å². The number of carboxylic acid groups (broad SMARTS) is 1. The van der Waals surface area contributed by atoms with Crippen LogP contribution in [0, 0.1) is 0 Å². The molecule has 0 saturated carbocycles. The lowest BCUT2D eigenvalue weighted by Gasteiger charge is -2.18. The fraction of sp³-hybridized carbons (Fsp3) is 0.917. The number of rotatable bonds is 21. The molecule has 2 N–H and O–H groups in total. The Morgan fingerprint density at radius 1 is 0.690 bits per heavy atom. The molecule has 0 fully saturated rings. The first-order valence-electron chi connectivity index (χ1n) is 12.1. The van der Waals surface area contributed by atoms with Gasteiger partial charge >= 0.3 is 11.9 Å². The van der Waals surface area contributed by atoms with Gasteiger partial charge in [-0.1, -0.05) is 104 Å². The largest absolute Gasteiger partial charge is 0.481 e. The van der Waals surface area contributed by atoms with Crippen LogP contribution in [0.4, 0.5) is 0 Å². The van der Waals surface area contributed by atoms with Crippen LogP contribution in [0.1, 0.15) is 129 Å². The number of unbranched alkanes of at least 4 members (excludes halogenated alkanes) is 13. The van der Waals surface area contributed by atoms with Gasteiger partial charge in [0.15, 0.2) is 6.10 Å². The van der Waals surface area contributed by atoms with Crippen molar-refractivity contribution in [1.29, 1.82) is 0 Å². The van der Waals surface area contributed by atoms with Gasteiger partial charge in [-0.05, 0) is 19.3 Å². The molecule has 0 aromatic heterocycles. The predicted octanol–water partition coefficient (Wildman–Crippen LogP) is 6.41. The average Bonchev–Trinajstić information content (AvgIpc) is 2.68. The minimum absolute atomic E-state index is 0.188. The second-order valence-electron chi connectivity index (χ2n) is 8.35. The minimum atomic E-state index is -1.14. The van der Waals surface area contributed by atoms with E-state index in [0.29, 0.717) is 12.8 Å². The van der Waals surface area contributed by atoms with Crippen LogP contribution in [0.3, 0.4) is 0 Å². The van der Waals surface area contributed by atoms with Crippen LogP contribution in [0.2, 0.25) is 0 Å². The smallest absolute Gasteiger partial charge is 0.335 e. The fourth-order valence-electron chi connectivity index (χ4n) is 3.56. The van der Waals surface area contributed by atoms with E-state index in [9.17, 15) is 14.7 Å². The zero-order valence-corrected chi connectivity index (χ0v) is 19.0. The van der Waals surface area contributed by atoms with Crippen molar-refractivity contribution in [2.75, 3.05) is 0 Å². The molecule has 0 aliphatic carbocycles. The molecule has 0 aromatic rings. The van der Waals surface area contributed by atoms with Gasteiger partial charge < -0.3 is 14.9 Å². The number of aliphatic hydroxyl groups excluding tert-OH is 1. The molecule has 0 amide bonds. The summed E-state index contributed by atoms with van der Waals surface area (Å²) in [5.74, 6) is -1.63. The van der Waals surface area contributed by atoms with Gasteiger partial charge in [0.25, 0.3) is 0 Å². The Bertz CT molecular complexity index is 397. The Balaban J connectivity index is 3.97. The van der Waals surface area contributed by atoms with Crippen LogP contribution in [-0.4, -0.2) is 34.4 Å². The number of esters is 1. The third-order valence-electron chi connectivity index (χ3n) is 5.42. The van der Waals surface area contributed by atoms with Crippen molar-refractivity contribution in [1.82, 2.24) is 0 Å². The number of carbonyl (C=O) groups excluding carboxylic acids is 1. The molecule has 0 radical (unpaired) electrons. The molecule has 0 bridgehead atoms. The maximum atomic E-state index is 12.1. The van der Waals surface area contributed by atoms with Crippen LogP contribution in [-0.2, 0) is 14.3 Å². The van der Waals surface area contributed by atoms with E-state index < -0.39 is 24.1 Å². The Kier molecular flexibility index (Phi) is 19.4. The average molecular weight is 415 g/mol. The van der Waals surface area contributed by atoms with Gasteiger partial charge in [-0.2, -0.15) is 0 Å². The topological polar surface area (TPSA) is 83.8 Å². The highest BCUT2D eigenvalue weighted by molar-refractivity contribution is 5.75. The van der Waals surface area contributed by atoms with Crippen molar-refractivity contribution in [3.8, 4) is 0 Å². The van der Waals surface area contributed by atoms with Crippen molar-refractivity contribution in [3.05, 3.63) is 0 Å². The summed E-state index contributed by atoms with van der Waals surface area (Å²) < 4.78 is 5.32. The molecule has 0 aliphatic rings. The number of hydrogen-bond acceptors (Lipinski definition) is 4. The second kappa shape index (κ2) is 20.2. The summed E-state index contributed by atoms with van der Waals surface area (Å²) in [6.45, 7) is 4.39. The highest BCUT2D eigenvalue weighted by Gasteiger charge is 2.22. The Labute approximate surface area is 178 Å². The van der Waals surface area contributed by atoms with Gasteiger partial charge in [-0.3, -0.25) is 4.79 Å². The number of carbonyl (C=O) groups is 2. The quantitative estimate of drug-likeness (QED) is 0.168. The van der Waals surface area contributed by atoms with Crippen molar-refractivity contribution >= 4 is 11.9 Å². The van der Waals surface area contributed by atoms with E-state index in [1.165, 1.54) is 57.8 Å². The maximum Gasteiger partial charge on any atom is 0.335 e. The highest BCUT2D eigenvalue weighted by atomic mass is 16.6. The molecule has 0 heterocycles. The van der Waals surface area contributed by atoms with Crippen molar-refractivity contribution in [3.63, 3.8) is 0 Å². The SMILES string of the molecule is CCCCCCCCCCC(O)C(=O)OC(CCCCCCCCC)CC(=O)O. The fourth-order valence-corrected chi connectivity index (χ4v) is 3.56. The van der Waals surface area contributed by atoms with Gasteiger partial charge in [0.2, 0.25) is 0 Å². The summed E-state index contributed by atoms with van der Waals surface area (Å²) in [5.41, 5.74) is 0. The zero-order chi connectivity index (χ0) is 21.7. The van der Waals surface area contributed by atoms with E-state index in [2.05, 4.69) is 13.8 Å². The molecular weight excluding hydrogens is 368 g/mol. The first-order chi connectivity index (χ1) is 14.0.